The van der Waals surface area contributed by atoms with Crippen LogP contribution in [-0.4, -0.2) is 40.8 Å². The van der Waals surface area contributed by atoms with Crippen molar-refractivity contribution < 1.29 is 9.53 Å². The van der Waals surface area contributed by atoms with Crippen LogP contribution in [0.1, 0.15) is 29.3 Å². The third-order valence-corrected chi connectivity index (χ3v) is 4.45. The van der Waals surface area contributed by atoms with Crippen molar-refractivity contribution in [3.63, 3.8) is 0 Å². The maximum absolute atomic E-state index is 12.3. The first-order chi connectivity index (χ1) is 11.7. The molecule has 2 aromatic rings. The van der Waals surface area contributed by atoms with E-state index in [1.165, 1.54) is 11.1 Å². The Morgan fingerprint density at radius 2 is 2.00 bits per heavy atom. The molecule has 1 aliphatic rings. The van der Waals surface area contributed by atoms with E-state index in [-0.39, 0.29) is 11.9 Å². The number of hydrogen-bond donors (Lipinski definition) is 1. The fourth-order valence-electron chi connectivity index (χ4n) is 3.18. The van der Waals surface area contributed by atoms with E-state index < -0.39 is 0 Å². The molecule has 0 saturated carbocycles. The number of rotatable bonds is 7. The second-order valence-corrected chi connectivity index (χ2v) is 6.18. The molecular formula is C18H24N4O2. The van der Waals surface area contributed by atoms with E-state index in [1.807, 2.05) is 13.1 Å². The number of fused-ring (bicyclic) bond motifs is 1. The van der Waals surface area contributed by atoms with Crippen LogP contribution in [0.4, 0.5) is 0 Å². The van der Waals surface area contributed by atoms with Crippen LogP contribution >= 0.6 is 0 Å². The molecular weight excluding hydrogens is 304 g/mol. The van der Waals surface area contributed by atoms with Crippen molar-refractivity contribution in [2.75, 3.05) is 20.3 Å². The molecule has 0 aliphatic carbocycles. The van der Waals surface area contributed by atoms with Crippen molar-refractivity contribution in [3.05, 3.63) is 53.3 Å². The van der Waals surface area contributed by atoms with Crippen molar-refractivity contribution >= 4 is 5.91 Å². The lowest BCUT2D eigenvalue weighted by atomic mass is 10.1. The average Bonchev–Trinajstić information content (AvgIpc) is 3.18. The number of carbonyl (C=O) groups excluding carboxylic acids is 1. The maximum Gasteiger partial charge on any atom is 0.221 e. The van der Waals surface area contributed by atoms with Gasteiger partial charge in [0.05, 0.1) is 18.3 Å². The van der Waals surface area contributed by atoms with E-state index in [0.717, 1.165) is 25.3 Å². The summed E-state index contributed by atoms with van der Waals surface area (Å²) in [5.41, 5.74) is 3.67. The zero-order chi connectivity index (χ0) is 16.9. The highest BCUT2D eigenvalue weighted by molar-refractivity contribution is 5.76. The molecule has 0 bridgehead atoms. The van der Waals surface area contributed by atoms with Crippen LogP contribution in [0, 0.1) is 0 Å². The summed E-state index contributed by atoms with van der Waals surface area (Å²) in [6, 6.07) is 10.2. The van der Waals surface area contributed by atoms with Crippen molar-refractivity contribution in [2.45, 2.75) is 25.6 Å². The van der Waals surface area contributed by atoms with Crippen LogP contribution in [0.3, 0.4) is 0 Å². The zero-order valence-electron chi connectivity index (χ0n) is 14.2. The summed E-state index contributed by atoms with van der Waals surface area (Å²) in [7, 11) is 3.50. The van der Waals surface area contributed by atoms with E-state index >= 15 is 0 Å². The first-order valence-corrected chi connectivity index (χ1v) is 8.22. The van der Waals surface area contributed by atoms with E-state index in [1.54, 1.807) is 18.0 Å². The Morgan fingerprint density at radius 1 is 1.29 bits per heavy atom. The summed E-state index contributed by atoms with van der Waals surface area (Å²) in [6.45, 7) is 3.03. The van der Waals surface area contributed by atoms with Crippen LogP contribution in [-0.2, 0) is 29.7 Å². The van der Waals surface area contributed by atoms with Crippen molar-refractivity contribution in [1.82, 2.24) is 20.0 Å². The minimum atomic E-state index is -0.175. The Hall–Kier alpha value is -2.18. The van der Waals surface area contributed by atoms with Crippen molar-refractivity contribution in [3.8, 4) is 0 Å². The molecule has 1 N–H and O–H groups in total. The quantitative estimate of drug-likeness (QED) is 0.839. The van der Waals surface area contributed by atoms with Gasteiger partial charge < -0.3 is 10.1 Å². The normalized spacial score (nSPS) is 15.2. The maximum atomic E-state index is 12.3. The highest BCUT2D eigenvalue weighted by Gasteiger charge is 2.21. The standard InChI is InChI=1S/C18H24N4O2/c1-21-17(7-9-19-21)16(13-24-2)20-18(23)8-10-22-11-14-5-3-4-6-15(14)12-22/h3-7,9,16H,8,10-13H2,1-2H3,(H,20,23)/t16-/m1/s1. The largest absolute Gasteiger partial charge is 0.382 e. The van der Waals surface area contributed by atoms with Gasteiger partial charge >= 0.3 is 0 Å². The third-order valence-electron chi connectivity index (χ3n) is 4.45. The zero-order valence-corrected chi connectivity index (χ0v) is 14.2. The predicted molar refractivity (Wildman–Crippen MR) is 91.1 cm³/mol. The molecule has 6 heteroatoms. The van der Waals surface area contributed by atoms with E-state index in [0.29, 0.717) is 13.0 Å². The van der Waals surface area contributed by atoms with Crippen LogP contribution in [0.2, 0.25) is 0 Å². The molecule has 1 aliphatic heterocycles. The Balaban J connectivity index is 1.51. The molecule has 0 spiro atoms. The van der Waals surface area contributed by atoms with Gasteiger partial charge in [-0.15, -0.1) is 0 Å². The molecule has 6 nitrogen and oxygen atoms in total. The number of methoxy groups -OCH3 is 1. The van der Waals surface area contributed by atoms with Crippen LogP contribution in [0.15, 0.2) is 36.5 Å². The van der Waals surface area contributed by atoms with Gasteiger partial charge in [0.25, 0.3) is 0 Å². The number of nitrogens with one attached hydrogen (secondary N) is 1. The molecule has 1 aromatic heterocycles. The topological polar surface area (TPSA) is 59.4 Å². The second kappa shape index (κ2) is 7.59. The Kier molecular flexibility index (Phi) is 5.27. The number of nitrogens with zero attached hydrogens (tertiary/aromatic N) is 3. The van der Waals surface area contributed by atoms with Crippen LogP contribution in [0.25, 0.3) is 0 Å². The number of amides is 1. The monoisotopic (exact) mass is 328 g/mol. The van der Waals surface area contributed by atoms with Gasteiger partial charge in [-0.1, -0.05) is 24.3 Å². The smallest absolute Gasteiger partial charge is 0.221 e. The Bertz CT molecular complexity index is 673. The molecule has 128 valence electrons. The number of carbonyl (C=O) groups is 1. The van der Waals surface area contributed by atoms with E-state index in [4.69, 9.17) is 4.74 Å². The van der Waals surface area contributed by atoms with Gasteiger partial charge in [0.15, 0.2) is 0 Å². The predicted octanol–water partition coefficient (Wildman–Crippen LogP) is 1.63. The number of aromatic nitrogens is 2. The Labute approximate surface area is 142 Å². The molecule has 0 saturated heterocycles. The highest BCUT2D eigenvalue weighted by atomic mass is 16.5. The highest BCUT2D eigenvalue weighted by Crippen LogP contribution is 2.22. The van der Waals surface area contributed by atoms with Gasteiger partial charge in [-0.25, -0.2) is 0 Å². The fourth-order valence-corrected chi connectivity index (χ4v) is 3.18. The molecule has 2 heterocycles. The number of aryl methyl sites for hydroxylation is 1. The van der Waals surface area contributed by atoms with Gasteiger partial charge in [-0.2, -0.15) is 5.10 Å². The number of benzene rings is 1. The summed E-state index contributed by atoms with van der Waals surface area (Å²) in [5.74, 6) is 0.0363. The fraction of sp³-hybridized carbons (Fsp3) is 0.444. The lowest BCUT2D eigenvalue weighted by Crippen LogP contribution is -2.34. The average molecular weight is 328 g/mol. The van der Waals surface area contributed by atoms with E-state index in [2.05, 4.69) is 39.6 Å². The minimum absolute atomic E-state index is 0.0363. The van der Waals surface area contributed by atoms with Gasteiger partial charge in [-0.3, -0.25) is 14.4 Å². The lowest BCUT2D eigenvalue weighted by Gasteiger charge is -2.20. The van der Waals surface area contributed by atoms with Gasteiger partial charge in [-0.05, 0) is 17.2 Å². The van der Waals surface area contributed by atoms with Crippen molar-refractivity contribution in [2.24, 2.45) is 7.05 Å². The first kappa shape index (κ1) is 16.7. The summed E-state index contributed by atoms with van der Waals surface area (Å²) in [5, 5.41) is 7.22. The Morgan fingerprint density at radius 3 is 2.58 bits per heavy atom. The number of hydrogen-bond acceptors (Lipinski definition) is 4. The molecule has 0 fully saturated rings. The molecule has 24 heavy (non-hydrogen) atoms. The SMILES string of the molecule is COC[C@@H](NC(=O)CCN1Cc2ccccc2C1)c1ccnn1C. The molecule has 1 atom stereocenters. The molecule has 1 aromatic carbocycles. The van der Waals surface area contributed by atoms with Crippen molar-refractivity contribution in [1.29, 1.82) is 0 Å². The molecule has 0 radical (unpaired) electrons. The molecule has 3 rings (SSSR count). The molecule has 1 amide bonds. The van der Waals surface area contributed by atoms with Gasteiger partial charge in [0, 0.05) is 46.4 Å². The first-order valence-electron chi connectivity index (χ1n) is 8.22. The lowest BCUT2D eigenvalue weighted by molar-refractivity contribution is -0.122. The summed E-state index contributed by atoms with van der Waals surface area (Å²) < 4.78 is 7.00. The summed E-state index contributed by atoms with van der Waals surface area (Å²) in [6.07, 6.45) is 2.21. The van der Waals surface area contributed by atoms with Crippen LogP contribution < -0.4 is 5.32 Å². The number of ether oxygens (including phenoxy) is 1. The van der Waals surface area contributed by atoms with Crippen LogP contribution in [0.5, 0.6) is 0 Å². The second-order valence-electron chi connectivity index (χ2n) is 6.18. The third kappa shape index (κ3) is 3.83. The minimum Gasteiger partial charge on any atom is -0.382 e. The van der Waals surface area contributed by atoms with E-state index in [9.17, 15) is 4.79 Å². The summed E-state index contributed by atoms with van der Waals surface area (Å²) in [4.78, 5) is 14.6. The van der Waals surface area contributed by atoms with Gasteiger partial charge in [0.2, 0.25) is 5.91 Å². The molecule has 0 unspecified atom stereocenters. The van der Waals surface area contributed by atoms with Gasteiger partial charge in [0.1, 0.15) is 0 Å². The summed E-state index contributed by atoms with van der Waals surface area (Å²) >= 11 is 0.